The second-order valence-corrected chi connectivity index (χ2v) is 4.41. The minimum atomic E-state index is 0.335. The monoisotopic (exact) mass is 249 g/mol. The first kappa shape index (κ1) is 11.9. The first-order valence-electron chi connectivity index (χ1n) is 5.34. The third-order valence-electron chi connectivity index (χ3n) is 2.46. The molecule has 88 valence electrons. The van der Waals surface area contributed by atoms with Crippen LogP contribution in [0, 0.1) is 6.92 Å². The number of rotatable bonds is 4. The average molecular weight is 250 g/mol. The fourth-order valence-corrected chi connectivity index (χ4v) is 2.04. The molecule has 0 aliphatic carbocycles. The molecule has 0 unspecified atom stereocenters. The first-order chi connectivity index (χ1) is 8.17. The molecule has 0 saturated heterocycles. The van der Waals surface area contributed by atoms with E-state index in [1.54, 1.807) is 6.07 Å². The van der Waals surface area contributed by atoms with Gasteiger partial charge in [0.1, 0.15) is 11.5 Å². The summed E-state index contributed by atoms with van der Waals surface area (Å²) in [6.07, 6.45) is 2.20. The van der Waals surface area contributed by atoms with E-state index in [1.165, 1.54) is 0 Å². The van der Waals surface area contributed by atoms with Crippen molar-refractivity contribution in [2.75, 3.05) is 0 Å². The molecule has 0 aliphatic rings. The number of hydrogen-bond donors (Lipinski definition) is 0. The summed E-state index contributed by atoms with van der Waals surface area (Å²) in [6.45, 7) is 2.01. The van der Waals surface area contributed by atoms with Gasteiger partial charge in [0, 0.05) is 17.5 Å². The lowest BCUT2D eigenvalue weighted by atomic mass is 10.1. The standard InChI is InChI=1S/C13H12ClNO2/c1-9-4-10(6-11(14)5-9)2-3-13-7-12(8-16)15-17-13/h4-8H,2-3H2,1H3. The number of benzene rings is 1. The maximum atomic E-state index is 10.4. The molecule has 3 nitrogen and oxygen atoms in total. The third kappa shape index (κ3) is 3.17. The number of carbonyl (C=O) groups excluding carboxylic acids is 1. The van der Waals surface area contributed by atoms with Crippen molar-refractivity contribution in [3.05, 3.63) is 51.9 Å². The van der Waals surface area contributed by atoms with Crippen LogP contribution in [0.3, 0.4) is 0 Å². The van der Waals surface area contributed by atoms with Crippen molar-refractivity contribution in [3.63, 3.8) is 0 Å². The molecule has 0 spiro atoms. The van der Waals surface area contributed by atoms with Crippen molar-refractivity contribution in [1.82, 2.24) is 5.16 Å². The Kier molecular flexibility index (Phi) is 3.59. The summed E-state index contributed by atoms with van der Waals surface area (Å²) >= 11 is 5.98. The molecule has 17 heavy (non-hydrogen) atoms. The Labute approximate surface area is 104 Å². The molecule has 1 heterocycles. The van der Waals surface area contributed by atoms with Gasteiger partial charge in [0.2, 0.25) is 0 Å². The van der Waals surface area contributed by atoms with E-state index in [2.05, 4.69) is 11.2 Å². The highest BCUT2D eigenvalue weighted by Gasteiger charge is 2.04. The summed E-state index contributed by atoms with van der Waals surface area (Å²) < 4.78 is 5.02. The van der Waals surface area contributed by atoms with Gasteiger partial charge in [0.15, 0.2) is 6.29 Å². The smallest absolute Gasteiger partial charge is 0.171 e. The second kappa shape index (κ2) is 5.15. The zero-order valence-electron chi connectivity index (χ0n) is 9.44. The Morgan fingerprint density at radius 1 is 1.29 bits per heavy atom. The molecule has 0 bridgehead atoms. The van der Waals surface area contributed by atoms with E-state index in [0.717, 1.165) is 22.6 Å². The van der Waals surface area contributed by atoms with Crippen LogP contribution >= 0.6 is 11.6 Å². The highest BCUT2D eigenvalue weighted by atomic mass is 35.5. The molecule has 0 amide bonds. The molecule has 0 N–H and O–H groups in total. The van der Waals surface area contributed by atoms with E-state index in [0.29, 0.717) is 24.2 Å². The molecule has 1 aromatic carbocycles. The molecule has 0 radical (unpaired) electrons. The molecular weight excluding hydrogens is 238 g/mol. The van der Waals surface area contributed by atoms with Gasteiger partial charge < -0.3 is 4.52 Å². The van der Waals surface area contributed by atoms with Crippen molar-refractivity contribution < 1.29 is 9.32 Å². The molecule has 0 aliphatic heterocycles. The Hall–Kier alpha value is -1.61. The lowest BCUT2D eigenvalue weighted by Gasteiger charge is -2.02. The van der Waals surface area contributed by atoms with Gasteiger partial charge in [0.25, 0.3) is 0 Å². The topological polar surface area (TPSA) is 43.1 Å². The zero-order chi connectivity index (χ0) is 12.3. The quantitative estimate of drug-likeness (QED) is 0.782. The van der Waals surface area contributed by atoms with Crippen LogP contribution in [0.5, 0.6) is 0 Å². The van der Waals surface area contributed by atoms with Gasteiger partial charge in [-0.05, 0) is 36.6 Å². The highest BCUT2D eigenvalue weighted by Crippen LogP contribution is 2.16. The van der Waals surface area contributed by atoms with Gasteiger partial charge in [-0.3, -0.25) is 4.79 Å². The van der Waals surface area contributed by atoms with Crippen molar-refractivity contribution >= 4 is 17.9 Å². The van der Waals surface area contributed by atoms with Gasteiger partial charge in [-0.1, -0.05) is 22.8 Å². The van der Waals surface area contributed by atoms with Crippen molar-refractivity contribution in [1.29, 1.82) is 0 Å². The van der Waals surface area contributed by atoms with Crippen LogP contribution in [0.4, 0.5) is 0 Å². The van der Waals surface area contributed by atoms with Crippen LogP contribution < -0.4 is 0 Å². The molecular formula is C13H12ClNO2. The largest absolute Gasteiger partial charge is 0.361 e. The minimum absolute atomic E-state index is 0.335. The van der Waals surface area contributed by atoms with Crippen LogP contribution in [-0.2, 0) is 12.8 Å². The molecule has 0 fully saturated rings. The molecule has 0 saturated carbocycles. The van der Waals surface area contributed by atoms with E-state index in [1.807, 2.05) is 19.1 Å². The predicted molar refractivity (Wildman–Crippen MR) is 65.5 cm³/mol. The van der Waals surface area contributed by atoms with Crippen molar-refractivity contribution in [3.8, 4) is 0 Å². The maximum Gasteiger partial charge on any atom is 0.171 e. The Bertz CT molecular complexity index is 514. The fourth-order valence-electron chi connectivity index (χ4n) is 1.73. The highest BCUT2D eigenvalue weighted by molar-refractivity contribution is 6.30. The third-order valence-corrected chi connectivity index (χ3v) is 2.68. The number of hydrogen-bond acceptors (Lipinski definition) is 3. The molecule has 2 rings (SSSR count). The van der Waals surface area contributed by atoms with Gasteiger partial charge >= 0.3 is 0 Å². The van der Waals surface area contributed by atoms with Crippen molar-refractivity contribution in [2.45, 2.75) is 19.8 Å². The number of nitrogens with zero attached hydrogens (tertiary/aromatic N) is 1. The number of aromatic nitrogens is 1. The molecule has 4 heteroatoms. The van der Waals surface area contributed by atoms with E-state index in [-0.39, 0.29) is 0 Å². The van der Waals surface area contributed by atoms with Crippen LogP contribution in [-0.4, -0.2) is 11.4 Å². The average Bonchev–Trinajstić information content (AvgIpc) is 2.73. The first-order valence-corrected chi connectivity index (χ1v) is 5.72. The van der Waals surface area contributed by atoms with Crippen LogP contribution in [0.15, 0.2) is 28.8 Å². The summed E-state index contributed by atoms with van der Waals surface area (Å²) in [5.74, 6) is 0.713. The van der Waals surface area contributed by atoms with Gasteiger partial charge in [-0.25, -0.2) is 0 Å². The predicted octanol–water partition coefficient (Wildman–Crippen LogP) is 3.23. The van der Waals surface area contributed by atoms with Gasteiger partial charge in [-0.15, -0.1) is 0 Å². The summed E-state index contributed by atoms with van der Waals surface area (Å²) in [7, 11) is 0. The van der Waals surface area contributed by atoms with E-state index >= 15 is 0 Å². The summed E-state index contributed by atoms with van der Waals surface area (Å²) in [4.78, 5) is 10.4. The number of aryl methyl sites for hydroxylation is 3. The van der Waals surface area contributed by atoms with Crippen LogP contribution in [0.2, 0.25) is 5.02 Å². The lowest BCUT2D eigenvalue weighted by molar-refractivity contribution is 0.111. The fraction of sp³-hybridized carbons (Fsp3) is 0.231. The molecule has 0 atom stereocenters. The van der Waals surface area contributed by atoms with E-state index in [4.69, 9.17) is 16.1 Å². The summed E-state index contributed by atoms with van der Waals surface area (Å²) in [5.41, 5.74) is 2.62. The number of halogens is 1. The van der Waals surface area contributed by atoms with Crippen LogP contribution in [0.25, 0.3) is 0 Å². The van der Waals surface area contributed by atoms with Crippen LogP contribution in [0.1, 0.15) is 27.4 Å². The Balaban J connectivity index is 2.04. The number of aldehydes is 1. The van der Waals surface area contributed by atoms with Crippen molar-refractivity contribution in [2.24, 2.45) is 0 Å². The minimum Gasteiger partial charge on any atom is -0.361 e. The van der Waals surface area contributed by atoms with Gasteiger partial charge in [0.05, 0.1) is 0 Å². The number of carbonyl (C=O) groups is 1. The summed E-state index contributed by atoms with van der Waals surface area (Å²) in [6, 6.07) is 7.60. The maximum absolute atomic E-state index is 10.4. The summed E-state index contributed by atoms with van der Waals surface area (Å²) in [5, 5.41) is 4.35. The molecule has 2 aromatic rings. The molecule has 1 aromatic heterocycles. The zero-order valence-corrected chi connectivity index (χ0v) is 10.2. The van der Waals surface area contributed by atoms with E-state index < -0.39 is 0 Å². The Morgan fingerprint density at radius 3 is 2.76 bits per heavy atom. The normalized spacial score (nSPS) is 10.5. The second-order valence-electron chi connectivity index (χ2n) is 3.97. The van der Waals surface area contributed by atoms with E-state index in [9.17, 15) is 4.79 Å². The Morgan fingerprint density at radius 2 is 2.12 bits per heavy atom. The van der Waals surface area contributed by atoms with Gasteiger partial charge in [-0.2, -0.15) is 0 Å². The lowest BCUT2D eigenvalue weighted by Crippen LogP contribution is -1.90. The SMILES string of the molecule is Cc1cc(Cl)cc(CCc2cc(C=O)no2)c1.